The summed E-state index contributed by atoms with van der Waals surface area (Å²) in [5.41, 5.74) is 0.230. The molecule has 1 saturated heterocycles. The lowest BCUT2D eigenvalue weighted by Gasteiger charge is -2.28. The van der Waals surface area contributed by atoms with Gasteiger partial charge < -0.3 is 9.64 Å². The molecule has 0 aromatic heterocycles. The molecule has 154 valence electrons. The van der Waals surface area contributed by atoms with Gasteiger partial charge in [0.15, 0.2) is 22.2 Å². The molecule has 29 heavy (non-hydrogen) atoms. The third-order valence-electron chi connectivity index (χ3n) is 4.62. The van der Waals surface area contributed by atoms with Crippen LogP contribution in [0.25, 0.3) is 0 Å². The summed E-state index contributed by atoms with van der Waals surface area (Å²) in [7, 11) is -3.26. The Labute approximate surface area is 167 Å². The molecule has 0 bridgehead atoms. The van der Waals surface area contributed by atoms with Crippen LogP contribution in [-0.2, 0) is 21.2 Å². The highest BCUT2D eigenvalue weighted by Crippen LogP contribution is 2.26. The molecule has 1 heterocycles. The van der Waals surface area contributed by atoms with E-state index < -0.39 is 39.1 Å². The Bertz CT molecular complexity index is 1030. The summed E-state index contributed by atoms with van der Waals surface area (Å²) < 4.78 is 42.6. The lowest BCUT2D eigenvalue weighted by atomic mass is 10.1. The van der Waals surface area contributed by atoms with E-state index in [1.54, 1.807) is 12.1 Å². The van der Waals surface area contributed by atoms with E-state index in [2.05, 4.69) is 0 Å². The number of hydrogen-bond acceptors (Lipinski definition) is 6. The van der Waals surface area contributed by atoms with Crippen LogP contribution < -0.4 is 4.74 Å². The summed E-state index contributed by atoms with van der Waals surface area (Å²) in [6.07, 6.45) is 0.273. The van der Waals surface area contributed by atoms with Crippen LogP contribution in [0.3, 0.4) is 0 Å². The second-order valence-corrected chi connectivity index (χ2v) is 8.95. The van der Waals surface area contributed by atoms with Crippen molar-refractivity contribution in [3.05, 3.63) is 70.0 Å². The monoisotopic (exact) mass is 422 g/mol. The highest BCUT2D eigenvalue weighted by Gasteiger charge is 2.35. The zero-order chi connectivity index (χ0) is 21.0. The van der Waals surface area contributed by atoms with Gasteiger partial charge in [0.1, 0.15) is 5.82 Å². The lowest BCUT2D eigenvalue weighted by molar-refractivity contribution is -0.385. The predicted molar refractivity (Wildman–Crippen MR) is 103 cm³/mol. The van der Waals surface area contributed by atoms with Gasteiger partial charge in [0.25, 0.3) is 5.91 Å². The van der Waals surface area contributed by atoms with Crippen LogP contribution >= 0.6 is 0 Å². The number of nitrogens with zero attached hydrogens (tertiary/aromatic N) is 2. The molecule has 1 aliphatic heterocycles. The number of carbonyl (C=O) groups excluding carboxylic acids is 1. The Morgan fingerprint density at radius 2 is 2.00 bits per heavy atom. The summed E-state index contributed by atoms with van der Waals surface area (Å²) in [6, 6.07) is 10.8. The first-order valence-electron chi connectivity index (χ1n) is 8.86. The third-order valence-corrected chi connectivity index (χ3v) is 6.37. The molecule has 0 radical (unpaired) electrons. The Morgan fingerprint density at radius 1 is 1.24 bits per heavy atom. The van der Waals surface area contributed by atoms with Crippen molar-refractivity contribution in [1.29, 1.82) is 0 Å². The van der Waals surface area contributed by atoms with E-state index in [1.807, 2.05) is 0 Å². The lowest BCUT2D eigenvalue weighted by Crippen LogP contribution is -2.43. The first-order chi connectivity index (χ1) is 13.7. The van der Waals surface area contributed by atoms with Gasteiger partial charge in [-0.15, -0.1) is 0 Å². The summed E-state index contributed by atoms with van der Waals surface area (Å²) >= 11 is 0. The molecule has 2 aromatic carbocycles. The van der Waals surface area contributed by atoms with Crippen molar-refractivity contribution in [2.45, 2.75) is 19.0 Å². The van der Waals surface area contributed by atoms with Gasteiger partial charge in [-0.2, -0.15) is 0 Å². The first kappa shape index (κ1) is 20.7. The fourth-order valence-electron chi connectivity index (χ4n) is 3.23. The third kappa shape index (κ3) is 5.29. The number of nitro groups is 1. The molecule has 0 N–H and O–H groups in total. The maximum atomic E-state index is 13.5. The number of rotatable bonds is 7. The van der Waals surface area contributed by atoms with Gasteiger partial charge in [0, 0.05) is 18.7 Å². The molecule has 1 amide bonds. The number of halogens is 1. The SMILES string of the molecule is O=C(COc1ccccc1[N+](=O)[O-])N(Cc1cccc(F)c1)[C@H]1CCS(=O)(=O)C1. The molecular weight excluding hydrogens is 403 g/mol. The van der Waals surface area contributed by atoms with Gasteiger partial charge in [-0.25, -0.2) is 12.8 Å². The number of carbonyl (C=O) groups is 1. The summed E-state index contributed by atoms with van der Waals surface area (Å²) in [6.45, 7) is -0.492. The van der Waals surface area contributed by atoms with Crippen LogP contribution in [0.4, 0.5) is 10.1 Å². The van der Waals surface area contributed by atoms with Crippen molar-refractivity contribution >= 4 is 21.4 Å². The van der Waals surface area contributed by atoms with Crippen molar-refractivity contribution in [3.8, 4) is 5.75 Å². The normalized spacial score (nSPS) is 17.6. The number of ether oxygens (including phenoxy) is 1. The van der Waals surface area contributed by atoms with Crippen LogP contribution in [0.5, 0.6) is 5.75 Å². The van der Waals surface area contributed by atoms with E-state index >= 15 is 0 Å². The molecule has 10 heteroatoms. The topological polar surface area (TPSA) is 107 Å². The Kier molecular flexibility index (Phi) is 6.12. The van der Waals surface area contributed by atoms with Gasteiger partial charge in [0.05, 0.1) is 16.4 Å². The average Bonchev–Trinajstić information content (AvgIpc) is 3.04. The van der Waals surface area contributed by atoms with E-state index in [9.17, 15) is 27.7 Å². The molecule has 1 aliphatic rings. The Hall–Kier alpha value is -3.01. The highest BCUT2D eigenvalue weighted by atomic mass is 32.2. The zero-order valence-electron chi connectivity index (χ0n) is 15.4. The maximum Gasteiger partial charge on any atom is 0.310 e. The smallest absolute Gasteiger partial charge is 0.310 e. The fraction of sp³-hybridized carbons (Fsp3) is 0.316. The van der Waals surface area contributed by atoms with Gasteiger partial charge >= 0.3 is 5.69 Å². The summed E-state index contributed by atoms with van der Waals surface area (Å²) in [5.74, 6) is -1.27. The highest BCUT2D eigenvalue weighted by molar-refractivity contribution is 7.91. The van der Waals surface area contributed by atoms with Crippen LogP contribution in [0, 0.1) is 15.9 Å². The van der Waals surface area contributed by atoms with E-state index in [0.717, 1.165) is 0 Å². The number of amides is 1. The molecular formula is C19H19FN2O6S. The number of sulfone groups is 1. The number of hydrogen-bond donors (Lipinski definition) is 0. The van der Waals surface area contributed by atoms with E-state index in [0.29, 0.717) is 5.56 Å². The molecule has 8 nitrogen and oxygen atoms in total. The first-order valence-corrected chi connectivity index (χ1v) is 10.7. The summed E-state index contributed by atoms with van der Waals surface area (Å²) in [4.78, 5) is 24.6. The summed E-state index contributed by atoms with van der Waals surface area (Å²) in [5, 5.41) is 11.1. The Morgan fingerprint density at radius 3 is 2.66 bits per heavy atom. The van der Waals surface area contributed by atoms with Crippen LogP contribution in [0.1, 0.15) is 12.0 Å². The molecule has 0 aliphatic carbocycles. The molecule has 1 atom stereocenters. The van der Waals surface area contributed by atoms with Crippen molar-refractivity contribution in [1.82, 2.24) is 4.90 Å². The van der Waals surface area contributed by atoms with E-state index in [-0.39, 0.29) is 35.9 Å². The minimum absolute atomic E-state index is 0.0109. The van der Waals surface area contributed by atoms with Crippen LogP contribution in [-0.4, -0.2) is 48.3 Å². The van der Waals surface area contributed by atoms with Crippen molar-refractivity contribution in [2.75, 3.05) is 18.1 Å². The number of nitro benzene ring substituents is 1. The molecule has 3 rings (SSSR count). The maximum absolute atomic E-state index is 13.5. The van der Waals surface area contributed by atoms with Gasteiger partial charge in [-0.3, -0.25) is 14.9 Å². The fourth-order valence-corrected chi connectivity index (χ4v) is 4.96. The van der Waals surface area contributed by atoms with Crippen LogP contribution in [0.2, 0.25) is 0 Å². The van der Waals surface area contributed by atoms with Crippen LogP contribution in [0.15, 0.2) is 48.5 Å². The van der Waals surface area contributed by atoms with Gasteiger partial charge in [0.2, 0.25) is 0 Å². The van der Waals surface area contributed by atoms with Gasteiger partial charge in [-0.05, 0) is 30.2 Å². The largest absolute Gasteiger partial charge is 0.477 e. The molecule has 1 fully saturated rings. The van der Waals surface area contributed by atoms with Crippen molar-refractivity contribution in [2.24, 2.45) is 0 Å². The van der Waals surface area contributed by atoms with E-state index in [4.69, 9.17) is 4.74 Å². The molecule has 2 aromatic rings. The molecule has 0 saturated carbocycles. The second-order valence-electron chi connectivity index (χ2n) is 6.72. The molecule has 0 unspecified atom stereocenters. The second kappa shape index (κ2) is 8.56. The predicted octanol–water partition coefficient (Wildman–Crippen LogP) is 2.33. The quantitative estimate of drug-likeness (QED) is 0.501. The standard InChI is InChI=1S/C19H19FN2O6S/c20-15-5-3-4-14(10-15)11-21(16-8-9-29(26,27)13-16)19(23)12-28-18-7-2-1-6-17(18)22(24)25/h1-7,10,16H,8-9,11-13H2/t16-/m0/s1. The Balaban J connectivity index is 1.78. The zero-order valence-corrected chi connectivity index (χ0v) is 16.2. The van der Waals surface area contributed by atoms with Gasteiger partial charge in [-0.1, -0.05) is 24.3 Å². The van der Waals surface area contributed by atoms with Crippen molar-refractivity contribution in [3.63, 3.8) is 0 Å². The number of benzene rings is 2. The van der Waals surface area contributed by atoms with E-state index in [1.165, 1.54) is 41.3 Å². The minimum Gasteiger partial charge on any atom is -0.477 e. The van der Waals surface area contributed by atoms with Crippen molar-refractivity contribution < 1.29 is 27.3 Å². The molecule has 0 spiro atoms. The number of para-hydroxylation sites is 2. The average molecular weight is 422 g/mol. The minimum atomic E-state index is -3.26.